The quantitative estimate of drug-likeness (QED) is 0.720. The van der Waals surface area contributed by atoms with Gasteiger partial charge < -0.3 is 19.7 Å². The van der Waals surface area contributed by atoms with Gasteiger partial charge in [0, 0.05) is 24.5 Å². The van der Waals surface area contributed by atoms with E-state index in [1.165, 1.54) is 19.8 Å². The molecule has 1 aliphatic heterocycles. The van der Waals surface area contributed by atoms with Crippen molar-refractivity contribution in [3.63, 3.8) is 0 Å². The Balaban J connectivity index is 1.70. The van der Waals surface area contributed by atoms with Crippen molar-refractivity contribution in [3.8, 4) is 0 Å². The molecule has 0 saturated carbocycles. The van der Waals surface area contributed by atoms with Crippen LogP contribution in [0.3, 0.4) is 0 Å². The number of esters is 2. The van der Waals surface area contributed by atoms with Gasteiger partial charge in [0.1, 0.15) is 6.04 Å². The van der Waals surface area contributed by atoms with Crippen LogP contribution in [0.2, 0.25) is 0 Å². The molecule has 8 heteroatoms. The van der Waals surface area contributed by atoms with Crippen molar-refractivity contribution in [1.29, 1.82) is 0 Å². The molecule has 0 amide bonds. The molecular formula is C22H30N4O4. The van der Waals surface area contributed by atoms with E-state index < -0.39 is 18.0 Å². The van der Waals surface area contributed by atoms with E-state index in [0.29, 0.717) is 0 Å². The van der Waals surface area contributed by atoms with Crippen LogP contribution in [0.25, 0.3) is 10.9 Å². The molecule has 0 bridgehead atoms. The third-order valence-corrected chi connectivity index (χ3v) is 5.56. The maximum Gasteiger partial charge on any atom is 0.323 e. The molecule has 1 N–H and O–H groups in total. The lowest BCUT2D eigenvalue weighted by molar-refractivity contribution is -0.149. The van der Waals surface area contributed by atoms with Crippen molar-refractivity contribution in [3.05, 3.63) is 29.5 Å². The van der Waals surface area contributed by atoms with Crippen molar-refractivity contribution < 1.29 is 19.1 Å². The number of anilines is 1. The van der Waals surface area contributed by atoms with Gasteiger partial charge in [0.25, 0.3) is 0 Å². The summed E-state index contributed by atoms with van der Waals surface area (Å²) in [5.41, 5.74) is 3.10. The van der Waals surface area contributed by atoms with Crippen LogP contribution in [0.5, 0.6) is 0 Å². The number of benzene rings is 1. The van der Waals surface area contributed by atoms with Gasteiger partial charge in [-0.25, -0.2) is 9.97 Å². The second-order valence-electron chi connectivity index (χ2n) is 7.77. The summed E-state index contributed by atoms with van der Waals surface area (Å²) in [6, 6.07) is 5.62. The van der Waals surface area contributed by atoms with Crippen molar-refractivity contribution in [2.45, 2.75) is 51.6 Å². The van der Waals surface area contributed by atoms with Gasteiger partial charge >= 0.3 is 11.9 Å². The minimum absolute atomic E-state index is 0.0459. The average molecular weight is 415 g/mol. The number of aryl methyl sites for hydroxylation is 2. The summed E-state index contributed by atoms with van der Waals surface area (Å²) in [5, 5.41) is 4.36. The molecule has 2 atom stereocenters. The van der Waals surface area contributed by atoms with Crippen LogP contribution in [0.15, 0.2) is 18.2 Å². The second-order valence-corrected chi connectivity index (χ2v) is 7.77. The fourth-order valence-corrected chi connectivity index (χ4v) is 3.87. The average Bonchev–Trinajstić information content (AvgIpc) is 2.97. The summed E-state index contributed by atoms with van der Waals surface area (Å²) in [6.45, 7) is 5.68. The van der Waals surface area contributed by atoms with Gasteiger partial charge in [-0.05, 0) is 44.7 Å². The van der Waals surface area contributed by atoms with Crippen LogP contribution in [0, 0.1) is 13.8 Å². The number of aromatic nitrogens is 2. The van der Waals surface area contributed by atoms with Crippen molar-refractivity contribution in [2.75, 3.05) is 32.2 Å². The Kier molecular flexibility index (Phi) is 7.20. The standard InChI is InChI=1S/C22H30N4O4/c1-14-7-8-17-15(2)23-22(25-18(17)12-14)26-10-5-6-16(9-11-26)24-19(21(28)30-4)13-20(27)29-3/h7-8,12,16,19,24H,5-6,9-11,13H2,1-4H3. The van der Waals surface area contributed by atoms with Crippen molar-refractivity contribution in [1.82, 2.24) is 15.3 Å². The van der Waals surface area contributed by atoms with Gasteiger partial charge in [-0.3, -0.25) is 9.59 Å². The summed E-state index contributed by atoms with van der Waals surface area (Å²) < 4.78 is 9.55. The highest BCUT2D eigenvalue weighted by Gasteiger charge is 2.28. The Hall–Kier alpha value is -2.74. The van der Waals surface area contributed by atoms with Crippen LogP contribution < -0.4 is 10.2 Å². The minimum atomic E-state index is -0.707. The third-order valence-electron chi connectivity index (χ3n) is 5.56. The molecule has 1 saturated heterocycles. The molecule has 3 rings (SSSR count). The summed E-state index contributed by atoms with van der Waals surface area (Å²) in [4.78, 5) is 35.5. The van der Waals surface area contributed by atoms with E-state index >= 15 is 0 Å². The summed E-state index contributed by atoms with van der Waals surface area (Å²) >= 11 is 0. The Morgan fingerprint density at radius 3 is 2.70 bits per heavy atom. The molecule has 2 unspecified atom stereocenters. The van der Waals surface area contributed by atoms with Gasteiger partial charge in [-0.1, -0.05) is 12.1 Å². The topological polar surface area (TPSA) is 93.6 Å². The normalized spacial score (nSPS) is 18.0. The van der Waals surface area contributed by atoms with E-state index in [2.05, 4.69) is 35.3 Å². The first-order chi connectivity index (χ1) is 14.4. The predicted molar refractivity (Wildman–Crippen MR) is 114 cm³/mol. The van der Waals surface area contributed by atoms with Crippen LogP contribution in [0.4, 0.5) is 5.95 Å². The number of carbonyl (C=O) groups excluding carboxylic acids is 2. The molecule has 1 aliphatic rings. The molecule has 1 aromatic heterocycles. The second kappa shape index (κ2) is 9.84. The lowest BCUT2D eigenvalue weighted by Crippen LogP contribution is -2.45. The first kappa shape index (κ1) is 22.0. The molecule has 30 heavy (non-hydrogen) atoms. The van der Waals surface area contributed by atoms with E-state index in [9.17, 15) is 9.59 Å². The first-order valence-corrected chi connectivity index (χ1v) is 10.3. The lowest BCUT2D eigenvalue weighted by Gasteiger charge is -2.23. The molecule has 0 radical (unpaired) electrons. The Morgan fingerprint density at radius 1 is 1.17 bits per heavy atom. The van der Waals surface area contributed by atoms with E-state index in [-0.39, 0.29) is 12.5 Å². The number of fused-ring (bicyclic) bond motifs is 1. The molecule has 2 aromatic rings. The van der Waals surface area contributed by atoms with Crippen LogP contribution in [0.1, 0.15) is 36.9 Å². The first-order valence-electron chi connectivity index (χ1n) is 10.3. The highest BCUT2D eigenvalue weighted by Crippen LogP contribution is 2.23. The van der Waals surface area contributed by atoms with E-state index in [4.69, 9.17) is 19.4 Å². The zero-order valence-electron chi connectivity index (χ0n) is 18.1. The number of hydrogen-bond acceptors (Lipinski definition) is 8. The lowest BCUT2D eigenvalue weighted by atomic mass is 10.1. The molecule has 8 nitrogen and oxygen atoms in total. The Labute approximate surface area is 177 Å². The molecule has 1 aromatic carbocycles. The molecule has 0 aliphatic carbocycles. The van der Waals surface area contributed by atoms with Gasteiger partial charge in [-0.2, -0.15) is 0 Å². The number of nitrogens with zero attached hydrogens (tertiary/aromatic N) is 3. The molecule has 0 spiro atoms. The predicted octanol–water partition coefficient (Wildman–Crippen LogP) is 2.30. The molecule has 1 fully saturated rings. The molecule has 2 heterocycles. The highest BCUT2D eigenvalue weighted by molar-refractivity contribution is 5.83. The summed E-state index contributed by atoms with van der Waals surface area (Å²) in [7, 11) is 2.64. The number of rotatable bonds is 6. The maximum atomic E-state index is 12.1. The number of carbonyl (C=O) groups is 2. The number of ether oxygens (including phenoxy) is 2. The highest BCUT2D eigenvalue weighted by atomic mass is 16.5. The van der Waals surface area contributed by atoms with Crippen molar-refractivity contribution in [2.24, 2.45) is 0 Å². The smallest absolute Gasteiger partial charge is 0.323 e. The van der Waals surface area contributed by atoms with Crippen LogP contribution >= 0.6 is 0 Å². The van der Waals surface area contributed by atoms with E-state index in [0.717, 1.165) is 54.9 Å². The zero-order valence-corrected chi connectivity index (χ0v) is 18.1. The SMILES string of the molecule is COC(=O)CC(NC1CCCN(c2nc(C)c3ccc(C)cc3n2)CC1)C(=O)OC. The van der Waals surface area contributed by atoms with Gasteiger partial charge in [0.15, 0.2) is 0 Å². The minimum Gasteiger partial charge on any atom is -0.469 e. The molecule has 162 valence electrons. The fourth-order valence-electron chi connectivity index (χ4n) is 3.87. The summed E-state index contributed by atoms with van der Waals surface area (Å²) in [6.07, 6.45) is 2.58. The Morgan fingerprint density at radius 2 is 1.97 bits per heavy atom. The van der Waals surface area contributed by atoms with E-state index in [1.807, 2.05) is 6.92 Å². The van der Waals surface area contributed by atoms with Gasteiger partial charge in [0.05, 0.1) is 31.9 Å². The third kappa shape index (κ3) is 5.24. The van der Waals surface area contributed by atoms with Crippen LogP contribution in [-0.2, 0) is 19.1 Å². The van der Waals surface area contributed by atoms with E-state index in [1.54, 1.807) is 0 Å². The van der Waals surface area contributed by atoms with Gasteiger partial charge in [0.2, 0.25) is 5.95 Å². The maximum absolute atomic E-state index is 12.1. The number of methoxy groups -OCH3 is 2. The Bertz CT molecular complexity index is 917. The number of nitrogens with one attached hydrogen (secondary N) is 1. The van der Waals surface area contributed by atoms with Gasteiger partial charge in [-0.15, -0.1) is 0 Å². The molecular weight excluding hydrogens is 384 g/mol. The van der Waals surface area contributed by atoms with Crippen LogP contribution in [-0.4, -0.2) is 61.3 Å². The monoisotopic (exact) mass is 414 g/mol. The number of hydrogen-bond donors (Lipinski definition) is 1. The fraction of sp³-hybridized carbons (Fsp3) is 0.545. The van der Waals surface area contributed by atoms with Crippen molar-refractivity contribution >= 4 is 28.8 Å². The largest absolute Gasteiger partial charge is 0.469 e. The summed E-state index contributed by atoms with van der Waals surface area (Å²) in [5.74, 6) is -0.154. The zero-order chi connectivity index (χ0) is 21.7.